The maximum absolute atomic E-state index is 12.6. The van der Waals surface area contributed by atoms with Gasteiger partial charge in [-0.2, -0.15) is 0 Å². The Hall–Kier alpha value is -2.70. The number of aromatic nitrogens is 5. The molecule has 1 atom stereocenters. The monoisotopic (exact) mass is 338 g/mol. The van der Waals surface area contributed by atoms with Crippen LogP contribution in [0.3, 0.4) is 0 Å². The van der Waals surface area contributed by atoms with Crippen LogP contribution in [0.1, 0.15) is 41.7 Å². The molecule has 0 bridgehead atoms. The van der Waals surface area contributed by atoms with Crippen LogP contribution in [0.4, 0.5) is 0 Å². The zero-order valence-electron chi connectivity index (χ0n) is 14.8. The summed E-state index contributed by atoms with van der Waals surface area (Å²) in [6.07, 6.45) is 3.65. The van der Waals surface area contributed by atoms with Crippen LogP contribution in [0, 0.1) is 20.8 Å². The third-order valence-corrected chi connectivity index (χ3v) is 5.04. The molecule has 1 N–H and O–H groups in total. The summed E-state index contributed by atoms with van der Waals surface area (Å²) < 4.78 is 3.99. The number of benzene rings is 1. The van der Waals surface area contributed by atoms with Crippen molar-refractivity contribution in [1.29, 1.82) is 0 Å². The Morgan fingerprint density at radius 1 is 1.24 bits per heavy atom. The van der Waals surface area contributed by atoms with Gasteiger partial charge >= 0.3 is 0 Å². The number of nitrogens with zero attached hydrogens (tertiary/aromatic N) is 5. The number of nitrogens with one attached hydrogen (secondary N) is 1. The van der Waals surface area contributed by atoms with E-state index >= 15 is 0 Å². The second-order valence-corrected chi connectivity index (χ2v) is 6.82. The van der Waals surface area contributed by atoms with E-state index < -0.39 is 0 Å². The number of hydrogen-bond acceptors (Lipinski definition) is 4. The van der Waals surface area contributed by atoms with E-state index in [1.54, 1.807) is 6.33 Å². The minimum atomic E-state index is -0.0683. The van der Waals surface area contributed by atoms with Crippen molar-refractivity contribution in [2.24, 2.45) is 0 Å². The van der Waals surface area contributed by atoms with Gasteiger partial charge in [0.1, 0.15) is 12.4 Å². The van der Waals surface area contributed by atoms with Crippen molar-refractivity contribution in [3.05, 3.63) is 41.2 Å². The van der Waals surface area contributed by atoms with Crippen LogP contribution in [0.5, 0.6) is 0 Å². The molecule has 0 saturated carbocycles. The number of aryl methyl sites for hydroxylation is 3. The molecule has 130 valence electrons. The third kappa shape index (κ3) is 2.79. The Bertz CT molecular complexity index is 954. The van der Waals surface area contributed by atoms with Crippen LogP contribution in [-0.2, 0) is 17.9 Å². The van der Waals surface area contributed by atoms with Gasteiger partial charge in [0.15, 0.2) is 5.82 Å². The number of carbonyl (C=O) groups is 1. The summed E-state index contributed by atoms with van der Waals surface area (Å²) in [6.45, 7) is 7.27. The molecule has 0 saturated heterocycles. The molecule has 1 aliphatic heterocycles. The average molecular weight is 338 g/mol. The lowest BCUT2D eigenvalue weighted by molar-refractivity contribution is -0.122. The molecule has 0 fully saturated rings. The molecular formula is C18H22N6O. The van der Waals surface area contributed by atoms with Gasteiger partial charge in [-0.25, -0.2) is 4.98 Å². The van der Waals surface area contributed by atoms with Crippen molar-refractivity contribution >= 4 is 16.9 Å². The van der Waals surface area contributed by atoms with E-state index in [1.165, 1.54) is 11.1 Å². The van der Waals surface area contributed by atoms with Crippen LogP contribution in [0.2, 0.25) is 0 Å². The molecule has 4 rings (SSSR count). The molecule has 25 heavy (non-hydrogen) atoms. The maximum Gasteiger partial charge on any atom is 0.240 e. The molecule has 1 unspecified atom stereocenters. The van der Waals surface area contributed by atoms with Crippen molar-refractivity contribution in [1.82, 2.24) is 29.6 Å². The van der Waals surface area contributed by atoms with Gasteiger partial charge in [0, 0.05) is 6.54 Å². The standard InChI is InChI=1S/C18H22N6O/c1-11-7-15-16(8-12(11)2)23(10-19-15)9-17(25)20-14-5-4-6-24-13(3)21-22-18(14)24/h7-8,10,14H,4-6,9H2,1-3H3,(H,20,25). The fraction of sp³-hybridized carbons (Fsp3) is 0.444. The molecule has 1 aliphatic rings. The van der Waals surface area contributed by atoms with Crippen LogP contribution < -0.4 is 5.32 Å². The molecule has 0 aliphatic carbocycles. The Morgan fingerprint density at radius 2 is 2.04 bits per heavy atom. The predicted molar refractivity (Wildman–Crippen MR) is 94.1 cm³/mol. The first kappa shape index (κ1) is 15.8. The normalized spacial score (nSPS) is 16.8. The van der Waals surface area contributed by atoms with Crippen LogP contribution in [0.25, 0.3) is 11.0 Å². The average Bonchev–Trinajstić information content (AvgIpc) is 3.14. The number of fused-ring (bicyclic) bond motifs is 2. The van der Waals surface area contributed by atoms with Gasteiger partial charge in [-0.05, 0) is 56.9 Å². The largest absolute Gasteiger partial charge is 0.345 e. The molecule has 3 heterocycles. The highest BCUT2D eigenvalue weighted by atomic mass is 16.2. The highest BCUT2D eigenvalue weighted by Crippen LogP contribution is 2.24. The molecular weight excluding hydrogens is 316 g/mol. The smallest absolute Gasteiger partial charge is 0.240 e. The fourth-order valence-electron chi connectivity index (χ4n) is 3.48. The lowest BCUT2D eigenvalue weighted by Gasteiger charge is -2.24. The summed E-state index contributed by atoms with van der Waals surface area (Å²) in [7, 11) is 0. The molecule has 1 aromatic carbocycles. The van der Waals surface area contributed by atoms with E-state index in [0.29, 0.717) is 0 Å². The van der Waals surface area contributed by atoms with Gasteiger partial charge in [0.05, 0.1) is 23.4 Å². The zero-order chi connectivity index (χ0) is 17.6. The first-order valence-corrected chi connectivity index (χ1v) is 8.64. The first-order chi connectivity index (χ1) is 12.0. The fourth-order valence-corrected chi connectivity index (χ4v) is 3.48. The Kier molecular flexibility index (Phi) is 3.78. The number of carbonyl (C=O) groups excluding carboxylic acids is 1. The van der Waals surface area contributed by atoms with Crippen LogP contribution >= 0.6 is 0 Å². The number of imidazole rings is 1. The summed E-state index contributed by atoms with van der Waals surface area (Å²) in [6, 6.07) is 4.08. The molecule has 0 spiro atoms. The molecule has 2 aromatic heterocycles. The molecule has 7 nitrogen and oxygen atoms in total. The van der Waals surface area contributed by atoms with Gasteiger partial charge in [-0.1, -0.05) is 0 Å². The first-order valence-electron chi connectivity index (χ1n) is 8.64. The van der Waals surface area contributed by atoms with Crippen molar-refractivity contribution in [3.63, 3.8) is 0 Å². The van der Waals surface area contributed by atoms with E-state index in [1.807, 2.05) is 11.5 Å². The molecule has 3 aromatic rings. The zero-order valence-corrected chi connectivity index (χ0v) is 14.8. The highest BCUT2D eigenvalue weighted by molar-refractivity contribution is 5.81. The Balaban J connectivity index is 1.53. The SMILES string of the molecule is Cc1cc2ncn(CC(=O)NC3CCCn4c(C)nnc43)c2cc1C. The number of hydrogen-bond donors (Lipinski definition) is 1. The second-order valence-electron chi connectivity index (χ2n) is 6.82. The second kappa shape index (κ2) is 5.98. The van der Waals surface area contributed by atoms with E-state index in [2.05, 4.69) is 51.0 Å². The topological polar surface area (TPSA) is 77.6 Å². The summed E-state index contributed by atoms with van der Waals surface area (Å²) in [5, 5.41) is 11.5. The molecule has 1 amide bonds. The van der Waals surface area contributed by atoms with Crippen molar-refractivity contribution in [2.75, 3.05) is 0 Å². The summed E-state index contributed by atoms with van der Waals surface area (Å²) in [5.74, 6) is 1.73. The van der Waals surface area contributed by atoms with E-state index in [-0.39, 0.29) is 18.5 Å². The number of rotatable bonds is 3. The van der Waals surface area contributed by atoms with Gasteiger partial charge in [0.25, 0.3) is 0 Å². The van der Waals surface area contributed by atoms with Gasteiger partial charge in [-0.15, -0.1) is 10.2 Å². The van der Waals surface area contributed by atoms with Crippen LogP contribution in [-0.4, -0.2) is 30.2 Å². The predicted octanol–water partition coefficient (Wildman–Crippen LogP) is 2.20. The lowest BCUT2D eigenvalue weighted by atomic mass is 10.1. The van der Waals surface area contributed by atoms with Crippen LogP contribution in [0.15, 0.2) is 18.5 Å². The quantitative estimate of drug-likeness (QED) is 0.794. The Labute approximate surface area is 146 Å². The maximum atomic E-state index is 12.6. The third-order valence-electron chi connectivity index (χ3n) is 5.04. The highest BCUT2D eigenvalue weighted by Gasteiger charge is 2.25. The van der Waals surface area contributed by atoms with Gasteiger partial charge in [0.2, 0.25) is 5.91 Å². The summed E-state index contributed by atoms with van der Waals surface area (Å²) in [5.41, 5.74) is 4.31. The van der Waals surface area contributed by atoms with E-state index in [9.17, 15) is 4.79 Å². The Morgan fingerprint density at radius 3 is 2.88 bits per heavy atom. The minimum absolute atomic E-state index is 0.0309. The van der Waals surface area contributed by atoms with Crippen molar-refractivity contribution < 1.29 is 4.79 Å². The lowest BCUT2D eigenvalue weighted by Crippen LogP contribution is -2.35. The van der Waals surface area contributed by atoms with Gasteiger partial charge in [-0.3, -0.25) is 4.79 Å². The van der Waals surface area contributed by atoms with Gasteiger partial charge < -0.3 is 14.5 Å². The summed E-state index contributed by atoms with van der Waals surface area (Å²) in [4.78, 5) is 17.0. The minimum Gasteiger partial charge on any atom is -0.345 e. The number of amides is 1. The van der Waals surface area contributed by atoms with E-state index in [0.717, 1.165) is 42.1 Å². The molecule has 7 heteroatoms. The molecule has 0 radical (unpaired) electrons. The van der Waals surface area contributed by atoms with Crippen molar-refractivity contribution in [3.8, 4) is 0 Å². The van der Waals surface area contributed by atoms with Crippen molar-refractivity contribution in [2.45, 2.75) is 52.7 Å². The summed E-state index contributed by atoms with van der Waals surface area (Å²) >= 11 is 0. The van der Waals surface area contributed by atoms with E-state index in [4.69, 9.17) is 0 Å².